The molecule has 112 valence electrons. The number of aromatic nitrogens is 3. The van der Waals surface area contributed by atoms with Gasteiger partial charge in [0.05, 0.1) is 36.9 Å². The number of imidazole rings is 1. The monoisotopic (exact) mass is 290 g/mol. The number of aryl methyl sites for hydroxylation is 2. The Morgan fingerprint density at radius 1 is 1.57 bits per heavy atom. The number of methoxy groups -OCH3 is 1. The van der Waals surface area contributed by atoms with Crippen LogP contribution < -0.4 is 0 Å². The molecule has 1 atom stereocenters. The molecule has 0 aliphatic carbocycles. The third-order valence-electron chi connectivity index (χ3n) is 3.79. The van der Waals surface area contributed by atoms with Gasteiger partial charge in [-0.05, 0) is 6.92 Å². The Labute approximate surface area is 122 Å². The number of fused-ring (bicyclic) bond motifs is 1. The van der Waals surface area contributed by atoms with E-state index < -0.39 is 0 Å². The van der Waals surface area contributed by atoms with Crippen LogP contribution in [0.15, 0.2) is 16.9 Å². The molecular formula is C14H18N4O3. The minimum absolute atomic E-state index is 0.0317. The topological polar surface area (TPSA) is 73.4 Å². The Bertz CT molecular complexity index is 661. The SMILES string of the molecule is COC[C@@H]1Cc2c(ncn2C)CN1C(=O)c1cc(C)no1. The van der Waals surface area contributed by atoms with Crippen molar-refractivity contribution in [3.05, 3.63) is 35.2 Å². The highest BCUT2D eigenvalue weighted by molar-refractivity contribution is 5.91. The quantitative estimate of drug-likeness (QED) is 0.840. The Balaban J connectivity index is 1.90. The van der Waals surface area contributed by atoms with Crippen LogP contribution in [0, 0.1) is 6.92 Å². The number of hydrogen-bond donors (Lipinski definition) is 0. The second-order valence-corrected chi connectivity index (χ2v) is 5.33. The fraction of sp³-hybridized carbons (Fsp3) is 0.500. The Morgan fingerprint density at radius 2 is 2.38 bits per heavy atom. The van der Waals surface area contributed by atoms with E-state index in [1.165, 1.54) is 0 Å². The summed E-state index contributed by atoms with van der Waals surface area (Å²) in [6.07, 6.45) is 2.50. The Morgan fingerprint density at radius 3 is 3.05 bits per heavy atom. The third-order valence-corrected chi connectivity index (χ3v) is 3.79. The third kappa shape index (κ3) is 2.44. The fourth-order valence-corrected chi connectivity index (χ4v) is 2.71. The zero-order valence-corrected chi connectivity index (χ0v) is 12.4. The van der Waals surface area contributed by atoms with Crippen molar-refractivity contribution in [3.63, 3.8) is 0 Å². The summed E-state index contributed by atoms with van der Waals surface area (Å²) in [4.78, 5) is 18.7. The van der Waals surface area contributed by atoms with Crippen molar-refractivity contribution >= 4 is 5.91 Å². The van der Waals surface area contributed by atoms with E-state index in [0.717, 1.165) is 17.8 Å². The van der Waals surface area contributed by atoms with Crippen molar-refractivity contribution in [1.82, 2.24) is 19.6 Å². The molecule has 0 saturated heterocycles. The average molecular weight is 290 g/mol. The smallest absolute Gasteiger partial charge is 0.293 e. The van der Waals surface area contributed by atoms with Gasteiger partial charge in [-0.3, -0.25) is 4.79 Å². The number of carbonyl (C=O) groups excluding carboxylic acids is 1. The molecule has 0 saturated carbocycles. The van der Waals surface area contributed by atoms with Gasteiger partial charge in [-0.25, -0.2) is 4.98 Å². The standard InChI is InChI=1S/C14H18N4O3/c1-9-4-13(21-16-9)14(19)18-6-11-12(17(2)8-15-11)5-10(18)7-20-3/h4,8,10H,5-7H2,1-3H3/t10-/m0/s1. The number of nitrogens with zero attached hydrogens (tertiary/aromatic N) is 4. The lowest BCUT2D eigenvalue weighted by Gasteiger charge is -2.34. The molecular weight excluding hydrogens is 272 g/mol. The van der Waals surface area contributed by atoms with Gasteiger partial charge in [0.1, 0.15) is 0 Å². The summed E-state index contributed by atoms with van der Waals surface area (Å²) in [5, 5.41) is 3.78. The summed E-state index contributed by atoms with van der Waals surface area (Å²) in [6, 6.07) is 1.62. The van der Waals surface area contributed by atoms with Crippen LogP contribution >= 0.6 is 0 Å². The molecule has 0 aromatic carbocycles. The first-order valence-corrected chi connectivity index (χ1v) is 6.82. The van der Waals surface area contributed by atoms with Crippen molar-refractivity contribution in [2.45, 2.75) is 25.9 Å². The molecule has 21 heavy (non-hydrogen) atoms. The maximum Gasteiger partial charge on any atom is 0.293 e. The molecule has 0 radical (unpaired) electrons. The zero-order valence-electron chi connectivity index (χ0n) is 12.4. The molecule has 0 N–H and O–H groups in total. The van der Waals surface area contributed by atoms with Crippen LogP contribution in [0.1, 0.15) is 27.6 Å². The highest BCUT2D eigenvalue weighted by atomic mass is 16.5. The number of rotatable bonds is 3. The number of amides is 1. The van der Waals surface area contributed by atoms with Crippen molar-refractivity contribution in [1.29, 1.82) is 0 Å². The van der Waals surface area contributed by atoms with E-state index in [1.807, 2.05) is 11.6 Å². The second kappa shape index (κ2) is 5.33. The van der Waals surface area contributed by atoms with E-state index in [2.05, 4.69) is 10.1 Å². The highest BCUT2D eigenvalue weighted by Crippen LogP contribution is 2.24. The number of carbonyl (C=O) groups is 1. The van der Waals surface area contributed by atoms with E-state index in [9.17, 15) is 4.79 Å². The van der Waals surface area contributed by atoms with Crippen molar-refractivity contribution in [2.24, 2.45) is 7.05 Å². The van der Waals surface area contributed by atoms with Crippen molar-refractivity contribution < 1.29 is 14.1 Å². The van der Waals surface area contributed by atoms with E-state index >= 15 is 0 Å². The van der Waals surface area contributed by atoms with Crippen LogP contribution in [-0.4, -0.2) is 45.3 Å². The fourth-order valence-electron chi connectivity index (χ4n) is 2.71. The Kier molecular flexibility index (Phi) is 3.50. The van der Waals surface area contributed by atoms with Gasteiger partial charge in [0.2, 0.25) is 5.76 Å². The first-order valence-electron chi connectivity index (χ1n) is 6.82. The summed E-state index contributed by atoms with van der Waals surface area (Å²) >= 11 is 0. The molecule has 2 aromatic heterocycles. The van der Waals surface area contributed by atoms with E-state index in [4.69, 9.17) is 9.26 Å². The van der Waals surface area contributed by atoms with Crippen molar-refractivity contribution in [2.75, 3.05) is 13.7 Å². The minimum Gasteiger partial charge on any atom is -0.383 e. The van der Waals surface area contributed by atoms with Crippen molar-refractivity contribution in [3.8, 4) is 0 Å². The molecule has 1 aliphatic heterocycles. The zero-order chi connectivity index (χ0) is 15.0. The van der Waals surface area contributed by atoms with Crippen LogP contribution in [0.4, 0.5) is 0 Å². The molecule has 3 heterocycles. The van der Waals surface area contributed by atoms with Gasteiger partial charge in [0, 0.05) is 32.3 Å². The molecule has 0 bridgehead atoms. The van der Waals surface area contributed by atoms with Crippen LogP contribution in [0.2, 0.25) is 0 Å². The van der Waals surface area contributed by atoms with Gasteiger partial charge < -0.3 is 18.7 Å². The molecule has 7 heteroatoms. The average Bonchev–Trinajstić information content (AvgIpc) is 3.05. The predicted molar refractivity (Wildman–Crippen MR) is 73.7 cm³/mol. The maximum absolute atomic E-state index is 12.6. The molecule has 7 nitrogen and oxygen atoms in total. The van der Waals surface area contributed by atoms with Crippen LogP contribution in [0.5, 0.6) is 0 Å². The lowest BCUT2D eigenvalue weighted by molar-refractivity contribution is 0.0432. The van der Waals surface area contributed by atoms with Gasteiger partial charge in [-0.15, -0.1) is 0 Å². The van der Waals surface area contributed by atoms with Crippen LogP contribution in [0.25, 0.3) is 0 Å². The molecule has 1 aliphatic rings. The molecule has 0 spiro atoms. The van der Waals surface area contributed by atoms with Crippen LogP contribution in [-0.2, 0) is 24.8 Å². The van der Waals surface area contributed by atoms with Gasteiger partial charge in [-0.2, -0.15) is 0 Å². The van der Waals surface area contributed by atoms with Gasteiger partial charge in [-0.1, -0.05) is 5.16 Å². The summed E-state index contributed by atoms with van der Waals surface area (Å²) < 4.78 is 12.4. The molecule has 3 rings (SSSR count). The molecule has 2 aromatic rings. The first kappa shape index (κ1) is 13.8. The Hall–Kier alpha value is -2.15. The van der Waals surface area contributed by atoms with E-state index in [1.54, 1.807) is 31.3 Å². The predicted octanol–water partition coefficient (Wildman–Crippen LogP) is 0.930. The molecule has 0 unspecified atom stereocenters. The lowest BCUT2D eigenvalue weighted by Crippen LogP contribution is -2.47. The number of ether oxygens (including phenoxy) is 1. The molecule has 1 amide bonds. The maximum atomic E-state index is 12.6. The number of hydrogen-bond acceptors (Lipinski definition) is 5. The van der Waals surface area contributed by atoms with E-state index in [-0.39, 0.29) is 17.7 Å². The lowest BCUT2D eigenvalue weighted by atomic mass is 10.0. The normalized spacial score (nSPS) is 17.9. The van der Waals surface area contributed by atoms with Gasteiger partial charge in [0.25, 0.3) is 5.91 Å². The summed E-state index contributed by atoms with van der Waals surface area (Å²) in [7, 11) is 3.60. The summed E-state index contributed by atoms with van der Waals surface area (Å²) in [5.41, 5.74) is 2.77. The minimum atomic E-state index is -0.172. The van der Waals surface area contributed by atoms with Gasteiger partial charge >= 0.3 is 0 Å². The summed E-state index contributed by atoms with van der Waals surface area (Å²) in [6.45, 7) is 2.73. The van der Waals surface area contributed by atoms with Crippen LogP contribution in [0.3, 0.4) is 0 Å². The second-order valence-electron chi connectivity index (χ2n) is 5.33. The molecule has 0 fully saturated rings. The van der Waals surface area contributed by atoms with Gasteiger partial charge in [0.15, 0.2) is 0 Å². The highest BCUT2D eigenvalue weighted by Gasteiger charge is 2.34. The first-order chi connectivity index (χ1) is 10.1. The largest absolute Gasteiger partial charge is 0.383 e. The van der Waals surface area contributed by atoms with E-state index in [0.29, 0.717) is 18.8 Å². The summed E-state index contributed by atoms with van der Waals surface area (Å²) in [5.74, 6) is 0.0851.